The molecule has 2 amide bonds. The lowest BCUT2D eigenvalue weighted by molar-refractivity contribution is -0.107. The van der Waals surface area contributed by atoms with Crippen molar-refractivity contribution in [1.29, 1.82) is 0 Å². The monoisotopic (exact) mass is 497 g/mol. The van der Waals surface area contributed by atoms with E-state index in [1.165, 1.54) is 18.4 Å². The molecule has 35 heavy (non-hydrogen) atoms. The molecule has 2 aliphatic heterocycles. The van der Waals surface area contributed by atoms with E-state index < -0.39 is 5.60 Å². The van der Waals surface area contributed by atoms with Gasteiger partial charge in [-0.15, -0.1) is 11.8 Å². The van der Waals surface area contributed by atoms with Gasteiger partial charge in [0.1, 0.15) is 17.7 Å². The lowest BCUT2D eigenvalue weighted by atomic mass is 9.56. The number of halogens is 1. The highest BCUT2D eigenvalue weighted by Gasteiger charge is 2.58. The Hall–Kier alpha value is -2.13. The maximum absolute atomic E-state index is 13.5. The summed E-state index contributed by atoms with van der Waals surface area (Å²) in [5, 5.41) is 14.7. The van der Waals surface area contributed by atoms with Gasteiger partial charge in [0.2, 0.25) is 0 Å². The smallest absolute Gasteiger partial charge is 0.320 e. The third kappa shape index (κ3) is 3.60. The van der Waals surface area contributed by atoms with Crippen LogP contribution in [0.5, 0.6) is 0 Å². The van der Waals surface area contributed by atoms with Gasteiger partial charge in [0, 0.05) is 41.9 Å². The van der Waals surface area contributed by atoms with Gasteiger partial charge < -0.3 is 14.9 Å². The molecule has 1 aromatic heterocycles. The number of likely N-dealkylation sites (tertiary alicyclic amines) is 2. The molecule has 0 unspecified atom stereocenters. The first kappa shape index (κ1) is 22.1. The van der Waals surface area contributed by atoms with Crippen LogP contribution in [0.2, 0.25) is 0 Å². The number of thioether (sulfide) groups is 1. The summed E-state index contributed by atoms with van der Waals surface area (Å²) in [5.41, 5.74) is 1.04. The summed E-state index contributed by atoms with van der Waals surface area (Å²) in [6, 6.07) is 5.69. The second-order valence-corrected chi connectivity index (χ2v) is 12.9. The minimum Gasteiger partial charge on any atom is -0.382 e. The van der Waals surface area contributed by atoms with Crippen LogP contribution in [0.4, 0.5) is 9.18 Å². The summed E-state index contributed by atoms with van der Waals surface area (Å²) in [6.07, 6.45) is 10.7. The Kier molecular flexibility index (Phi) is 4.70. The van der Waals surface area contributed by atoms with Crippen molar-refractivity contribution >= 4 is 17.8 Å². The quantitative estimate of drug-likeness (QED) is 0.636. The predicted molar refractivity (Wildman–Crippen MR) is 129 cm³/mol. The van der Waals surface area contributed by atoms with Crippen molar-refractivity contribution in [1.82, 2.24) is 24.6 Å². The molecule has 1 aromatic carbocycles. The first-order valence-electron chi connectivity index (χ1n) is 12.8. The molecule has 3 aliphatic carbocycles. The number of hydrogen-bond acceptors (Lipinski definition) is 5. The largest absolute Gasteiger partial charge is 0.382 e. The summed E-state index contributed by atoms with van der Waals surface area (Å²) in [5.74, 6) is 1.04. The molecular formula is C26H32FN5O2S. The van der Waals surface area contributed by atoms with Gasteiger partial charge in [-0.1, -0.05) is 6.07 Å². The maximum atomic E-state index is 13.5. The molecule has 7 rings (SSSR count). The number of rotatable bonds is 5. The molecule has 3 saturated carbocycles. The fourth-order valence-electron chi connectivity index (χ4n) is 7.15. The summed E-state index contributed by atoms with van der Waals surface area (Å²) in [4.78, 5) is 22.4. The highest BCUT2D eigenvalue weighted by Crippen LogP contribution is 2.56. The number of amides is 2. The number of carbonyl (C=O) groups is 1. The summed E-state index contributed by atoms with van der Waals surface area (Å²) < 4.78 is 15.4. The topological polar surface area (TPSA) is 74.5 Å². The van der Waals surface area contributed by atoms with Crippen molar-refractivity contribution in [2.24, 2.45) is 16.7 Å². The highest BCUT2D eigenvalue weighted by molar-refractivity contribution is 7.98. The number of carbonyl (C=O) groups excluding carboxylic acids is 1. The molecule has 1 N–H and O–H groups in total. The lowest BCUT2D eigenvalue weighted by Gasteiger charge is -2.63. The Morgan fingerprint density at radius 3 is 2.40 bits per heavy atom. The Bertz CT molecular complexity index is 1170. The molecular weight excluding hydrogens is 465 g/mol. The average molecular weight is 498 g/mol. The van der Waals surface area contributed by atoms with Crippen LogP contribution >= 0.6 is 11.8 Å². The van der Waals surface area contributed by atoms with Gasteiger partial charge >= 0.3 is 6.03 Å². The van der Waals surface area contributed by atoms with Gasteiger partial charge in [0.15, 0.2) is 5.82 Å². The Morgan fingerprint density at radius 1 is 1.11 bits per heavy atom. The molecule has 186 valence electrons. The molecule has 2 aromatic rings. The van der Waals surface area contributed by atoms with Crippen LogP contribution in [-0.4, -0.2) is 68.1 Å². The van der Waals surface area contributed by atoms with Crippen LogP contribution in [0, 0.1) is 22.6 Å². The van der Waals surface area contributed by atoms with E-state index in [0.29, 0.717) is 23.2 Å². The summed E-state index contributed by atoms with van der Waals surface area (Å²) >= 11 is 1.62. The van der Waals surface area contributed by atoms with Gasteiger partial charge in [-0.3, -0.25) is 0 Å². The summed E-state index contributed by atoms with van der Waals surface area (Å²) in [7, 11) is 0. The normalized spacial score (nSPS) is 25.7. The first-order valence-corrected chi connectivity index (χ1v) is 14.0. The minimum absolute atomic E-state index is 0.165. The zero-order valence-electron chi connectivity index (χ0n) is 20.1. The SMILES string of the molecule is CSc1cc(F)ccc1CC1CC2(C1)CN(C(=O)N1CC3(CC(n4cnc(C5(O)CC5)n4)C3)C1)C2. The standard InChI is InChI=1S/C26H32FN5O2S/c1-35-21-7-19(27)3-2-18(21)6-17-8-24(9-17)12-30(13-24)23(33)31-14-25(15-31)10-20(11-25)32-16-28-22(29-32)26(34)4-5-26/h2-3,7,16-17,20,34H,4-6,8-15H2,1H3. The van der Waals surface area contributed by atoms with Gasteiger partial charge in [0.25, 0.3) is 0 Å². The van der Waals surface area contributed by atoms with Crippen molar-refractivity contribution in [3.05, 3.63) is 41.7 Å². The third-order valence-corrected chi connectivity index (χ3v) is 10.0. The van der Waals surface area contributed by atoms with E-state index in [0.717, 1.165) is 63.2 Å². The Labute approximate surface area is 209 Å². The number of benzene rings is 1. The van der Waals surface area contributed by atoms with E-state index in [2.05, 4.69) is 10.1 Å². The zero-order valence-corrected chi connectivity index (χ0v) is 20.9. The van der Waals surface area contributed by atoms with Gasteiger partial charge in [-0.05, 0) is 74.8 Å². The van der Waals surface area contributed by atoms with E-state index in [1.807, 2.05) is 26.8 Å². The first-order chi connectivity index (χ1) is 16.8. The number of urea groups is 1. The Balaban J connectivity index is 0.858. The zero-order chi connectivity index (χ0) is 24.0. The fourth-order valence-corrected chi connectivity index (χ4v) is 7.80. The average Bonchev–Trinajstić information content (AvgIpc) is 3.27. The number of aliphatic hydroxyl groups is 1. The molecule has 0 radical (unpaired) electrons. The summed E-state index contributed by atoms with van der Waals surface area (Å²) in [6.45, 7) is 3.47. The van der Waals surface area contributed by atoms with E-state index >= 15 is 0 Å². The van der Waals surface area contributed by atoms with E-state index in [9.17, 15) is 14.3 Å². The second-order valence-electron chi connectivity index (χ2n) is 12.1. The molecule has 5 fully saturated rings. The van der Waals surface area contributed by atoms with Gasteiger partial charge in [0.05, 0.1) is 6.04 Å². The van der Waals surface area contributed by atoms with Crippen LogP contribution in [0.3, 0.4) is 0 Å². The molecule has 0 atom stereocenters. The van der Waals surface area contributed by atoms with Crippen LogP contribution in [0.1, 0.15) is 56.0 Å². The van der Waals surface area contributed by atoms with Crippen molar-refractivity contribution in [3.63, 3.8) is 0 Å². The van der Waals surface area contributed by atoms with Crippen molar-refractivity contribution < 1.29 is 14.3 Å². The molecule has 2 saturated heterocycles. The maximum Gasteiger partial charge on any atom is 0.320 e. The van der Waals surface area contributed by atoms with Gasteiger partial charge in [-0.25, -0.2) is 18.9 Å². The second kappa shape index (κ2) is 7.44. The number of hydrogen-bond donors (Lipinski definition) is 1. The predicted octanol–water partition coefficient (Wildman–Crippen LogP) is 3.83. The van der Waals surface area contributed by atoms with Crippen molar-refractivity contribution in [3.8, 4) is 0 Å². The molecule has 2 spiro atoms. The fraction of sp³-hybridized carbons (Fsp3) is 0.654. The van der Waals surface area contributed by atoms with E-state index in [4.69, 9.17) is 0 Å². The van der Waals surface area contributed by atoms with Gasteiger partial charge in [-0.2, -0.15) is 5.10 Å². The van der Waals surface area contributed by atoms with Crippen molar-refractivity contribution in [2.45, 2.75) is 61.5 Å². The van der Waals surface area contributed by atoms with Crippen LogP contribution in [0.15, 0.2) is 29.4 Å². The Morgan fingerprint density at radius 2 is 1.77 bits per heavy atom. The van der Waals surface area contributed by atoms with Crippen molar-refractivity contribution in [2.75, 3.05) is 32.4 Å². The molecule has 0 bridgehead atoms. The van der Waals surface area contributed by atoms with Crippen LogP contribution in [-0.2, 0) is 12.0 Å². The van der Waals surface area contributed by atoms with Crippen LogP contribution < -0.4 is 0 Å². The van der Waals surface area contributed by atoms with E-state index in [-0.39, 0.29) is 17.3 Å². The number of nitrogens with zero attached hydrogens (tertiary/aromatic N) is 5. The third-order valence-electron chi connectivity index (χ3n) is 9.21. The lowest BCUT2D eigenvalue weighted by Crippen LogP contribution is -2.71. The minimum atomic E-state index is -0.778. The molecule has 3 heterocycles. The highest BCUT2D eigenvalue weighted by atomic mass is 32.2. The number of aromatic nitrogens is 3. The molecule has 9 heteroatoms. The van der Waals surface area contributed by atoms with E-state index in [1.54, 1.807) is 30.2 Å². The molecule has 5 aliphatic rings. The molecule has 7 nitrogen and oxygen atoms in total. The van der Waals surface area contributed by atoms with Crippen LogP contribution in [0.25, 0.3) is 0 Å².